The van der Waals surface area contributed by atoms with Crippen LogP contribution in [0.4, 0.5) is 0 Å². The van der Waals surface area contributed by atoms with Crippen LogP contribution >= 0.6 is 0 Å². The van der Waals surface area contributed by atoms with Gasteiger partial charge in [-0.05, 0) is 57.8 Å². The predicted octanol–water partition coefficient (Wildman–Crippen LogP) is 2.69. The molecule has 0 bridgehead atoms. The Labute approximate surface area is 138 Å². The van der Waals surface area contributed by atoms with Gasteiger partial charge in [0.1, 0.15) is 5.76 Å². The van der Waals surface area contributed by atoms with Gasteiger partial charge < -0.3 is 15.1 Å². The highest BCUT2D eigenvalue weighted by Gasteiger charge is 2.25. The van der Waals surface area contributed by atoms with Crippen molar-refractivity contribution in [2.45, 2.75) is 44.7 Å². The third kappa shape index (κ3) is 4.38. The number of likely N-dealkylation sites (tertiary alicyclic amines) is 1. The molecule has 1 fully saturated rings. The smallest absolute Gasteiger partial charge is 0.191 e. The molecule has 126 valence electrons. The van der Waals surface area contributed by atoms with Crippen LogP contribution in [0, 0.1) is 0 Å². The lowest BCUT2D eigenvalue weighted by Crippen LogP contribution is -2.43. The fourth-order valence-corrected chi connectivity index (χ4v) is 3.35. The maximum Gasteiger partial charge on any atom is 0.191 e. The summed E-state index contributed by atoms with van der Waals surface area (Å²) in [5.74, 6) is 1.94. The highest BCUT2D eigenvalue weighted by Crippen LogP contribution is 2.25. The molecule has 1 aliphatic heterocycles. The van der Waals surface area contributed by atoms with Gasteiger partial charge in [0, 0.05) is 12.6 Å². The molecule has 1 aromatic heterocycles. The number of aliphatic imine (C=N–C) groups is 1. The molecule has 3 rings (SSSR count). The van der Waals surface area contributed by atoms with E-state index >= 15 is 0 Å². The minimum Gasteiger partial charge on any atom is -0.468 e. The summed E-state index contributed by atoms with van der Waals surface area (Å²) in [6.07, 6.45) is 10.9. The lowest BCUT2D eigenvalue weighted by Gasteiger charge is -2.25. The van der Waals surface area contributed by atoms with Crippen LogP contribution in [0.15, 0.2) is 40.0 Å². The van der Waals surface area contributed by atoms with Gasteiger partial charge in [0.05, 0.1) is 18.8 Å². The summed E-state index contributed by atoms with van der Waals surface area (Å²) in [7, 11) is 0. The van der Waals surface area contributed by atoms with E-state index in [-0.39, 0.29) is 6.04 Å². The first-order valence-electron chi connectivity index (χ1n) is 8.84. The van der Waals surface area contributed by atoms with Gasteiger partial charge in [-0.15, -0.1) is 0 Å². The first kappa shape index (κ1) is 16.1. The van der Waals surface area contributed by atoms with Crippen LogP contribution in [0.2, 0.25) is 0 Å². The number of guanidine groups is 1. The van der Waals surface area contributed by atoms with Crippen molar-refractivity contribution < 1.29 is 4.42 Å². The number of hydrogen-bond donors (Lipinski definition) is 2. The molecule has 0 aromatic carbocycles. The molecular weight excluding hydrogens is 288 g/mol. The van der Waals surface area contributed by atoms with Crippen molar-refractivity contribution in [2.75, 3.05) is 26.2 Å². The zero-order valence-corrected chi connectivity index (χ0v) is 14.0. The Morgan fingerprint density at radius 2 is 2.13 bits per heavy atom. The Balaban J connectivity index is 1.66. The van der Waals surface area contributed by atoms with Gasteiger partial charge in [-0.1, -0.05) is 12.2 Å². The zero-order valence-electron chi connectivity index (χ0n) is 14.0. The van der Waals surface area contributed by atoms with Crippen molar-refractivity contribution in [3.05, 3.63) is 36.3 Å². The van der Waals surface area contributed by atoms with Gasteiger partial charge >= 0.3 is 0 Å². The maximum atomic E-state index is 5.67. The Kier molecular flexibility index (Phi) is 5.75. The molecule has 0 radical (unpaired) electrons. The van der Waals surface area contributed by atoms with Crippen molar-refractivity contribution in [2.24, 2.45) is 4.99 Å². The van der Waals surface area contributed by atoms with Crippen LogP contribution in [0.1, 0.15) is 44.4 Å². The molecule has 5 heteroatoms. The summed E-state index contributed by atoms with van der Waals surface area (Å²) in [4.78, 5) is 7.33. The Morgan fingerprint density at radius 1 is 1.35 bits per heavy atom. The number of rotatable bonds is 6. The van der Waals surface area contributed by atoms with Crippen molar-refractivity contribution >= 4 is 5.96 Å². The molecule has 0 amide bonds. The molecule has 1 unspecified atom stereocenters. The molecule has 1 saturated heterocycles. The number of nitrogens with one attached hydrogen (secondary N) is 2. The first-order valence-corrected chi connectivity index (χ1v) is 8.84. The van der Waals surface area contributed by atoms with Gasteiger partial charge in [0.25, 0.3) is 0 Å². The third-order valence-electron chi connectivity index (χ3n) is 4.57. The molecule has 1 aliphatic carbocycles. The van der Waals surface area contributed by atoms with Crippen LogP contribution in [0.3, 0.4) is 0 Å². The first-order chi connectivity index (χ1) is 11.4. The second-order valence-corrected chi connectivity index (χ2v) is 6.28. The van der Waals surface area contributed by atoms with Gasteiger partial charge in [-0.25, -0.2) is 0 Å². The van der Waals surface area contributed by atoms with Crippen molar-refractivity contribution in [1.82, 2.24) is 15.5 Å². The minimum atomic E-state index is 0.240. The van der Waals surface area contributed by atoms with E-state index in [1.54, 1.807) is 6.26 Å². The van der Waals surface area contributed by atoms with E-state index in [2.05, 4.69) is 40.7 Å². The molecule has 2 heterocycles. The van der Waals surface area contributed by atoms with Gasteiger partial charge in [0.2, 0.25) is 0 Å². The molecule has 0 spiro atoms. The number of furan rings is 1. The molecule has 1 atom stereocenters. The fraction of sp³-hybridized carbons (Fsp3) is 0.611. The van der Waals surface area contributed by atoms with E-state index in [0.717, 1.165) is 50.7 Å². The Bertz CT molecular complexity index is 509. The molecule has 5 nitrogen and oxygen atoms in total. The quantitative estimate of drug-likeness (QED) is 0.481. The van der Waals surface area contributed by atoms with Crippen molar-refractivity contribution in [3.8, 4) is 0 Å². The van der Waals surface area contributed by atoms with E-state index in [0.29, 0.717) is 6.04 Å². The van der Waals surface area contributed by atoms with E-state index in [4.69, 9.17) is 9.41 Å². The highest BCUT2D eigenvalue weighted by atomic mass is 16.3. The predicted molar refractivity (Wildman–Crippen MR) is 93.5 cm³/mol. The lowest BCUT2D eigenvalue weighted by molar-refractivity contribution is 0.221. The lowest BCUT2D eigenvalue weighted by atomic mass is 10.2. The monoisotopic (exact) mass is 316 g/mol. The fourth-order valence-electron chi connectivity index (χ4n) is 3.35. The number of nitrogens with zero attached hydrogens (tertiary/aromatic N) is 2. The summed E-state index contributed by atoms with van der Waals surface area (Å²) in [6, 6.07) is 4.75. The second kappa shape index (κ2) is 8.20. The van der Waals surface area contributed by atoms with Crippen LogP contribution in [-0.4, -0.2) is 43.1 Å². The summed E-state index contributed by atoms with van der Waals surface area (Å²) in [6.45, 7) is 5.98. The van der Waals surface area contributed by atoms with Crippen LogP contribution in [-0.2, 0) is 0 Å². The molecule has 2 aliphatic rings. The summed E-state index contributed by atoms with van der Waals surface area (Å²) in [5.41, 5.74) is 0. The molecular formula is C18H28N4O. The second-order valence-electron chi connectivity index (χ2n) is 6.28. The maximum absolute atomic E-state index is 5.67. The SMILES string of the molecule is CCNC(=NCC(c1ccco1)N1CCCC1)NC1CC=CC1. The van der Waals surface area contributed by atoms with Gasteiger partial charge in [-0.2, -0.15) is 0 Å². The summed E-state index contributed by atoms with van der Waals surface area (Å²) in [5, 5.41) is 6.90. The highest BCUT2D eigenvalue weighted by molar-refractivity contribution is 5.80. The summed E-state index contributed by atoms with van der Waals surface area (Å²) < 4.78 is 5.67. The van der Waals surface area contributed by atoms with Crippen molar-refractivity contribution in [3.63, 3.8) is 0 Å². The standard InChI is InChI=1S/C18H28N4O/c1-2-19-18(21-15-8-3-4-9-15)20-14-16(17-10-7-13-23-17)22-11-5-6-12-22/h3-4,7,10,13,15-16H,2,5-6,8-9,11-12,14H2,1H3,(H2,19,20,21). The topological polar surface area (TPSA) is 52.8 Å². The third-order valence-corrected chi connectivity index (χ3v) is 4.57. The molecule has 1 aromatic rings. The normalized spacial score (nSPS) is 21.0. The molecule has 2 N–H and O–H groups in total. The minimum absolute atomic E-state index is 0.240. The largest absolute Gasteiger partial charge is 0.468 e. The van der Waals surface area contributed by atoms with E-state index < -0.39 is 0 Å². The average Bonchev–Trinajstić information content (AvgIpc) is 3.32. The van der Waals surface area contributed by atoms with Crippen LogP contribution < -0.4 is 10.6 Å². The van der Waals surface area contributed by atoms with Gasteiger partial charge in [-0.3, -0.25) is 9.89 Å². The molecule has 0 saturated carbocycles. The van der Waals surface area contributed by atoms with Crippen LogP contribution in [0.5, 0.6) is 0 Å². The van der Waals surface area contributed by atoms with Crippen molar-refractivity contribution in [1.29, 1.82) is 0 Å². The zero-order chi connectivity index (χ0) is 15.9. The van der Waals surface area contributed by atoms with Crippen LogP contribution in [0.25, 0.3) is 0 Å². The number of hydrogen-bond acceptors (Lipinski definition) is 3. The Hall–Kier alpha value is -1.75. The average molecular weight is 316 g/mol. The van der Waals surface area contributed by atoms with E-state index in [1.165, 1.54) is 12.8 Å². The molecule has 23 heavy (non-hydrogen) atoms. The summed E-state index contributed by atoms with van der Waals surface area (Å²) >= 11 is 0. The van der Waals surface area contributed by atoms with E-state index in [1.807, 2.05) is 6.07 Å². The Morgan fingerprint density at radius 3 is 2.78 bits per heavy atom. The van der Waals surface area contributed by atoms with E-state index in [9.17, 15) is 0 Å². The van der Waals surface area contributed by atoms with Gasteiger partial charge in [0.15, 0.2) is 5.96 Å².